The Morgan fingerprint density at radius 2 is 1.77 bits per heavy atom. The summed E-state index contributed by atoms with van der Waals surface area (Å²) in [5.74, 6) is 0.690. The largest absolute Gasteiger partial charge is 0.383 e. The van der Waals surface area contributed by atoms with Crippen LogP contribution in [-0.4, -0.2) is 14.5 Å². The van der Waals surface area contributed by atoms with Gasteiger partial charge in [-0.25, -0.2) is 4.98 Å². The average molecular weight is 318 g/mol. The molecule has 1 saturated carbocycles. The highest BCUT2D eigenvalue weighted by Gasteiger charge is 2.18. The predicted octanol–water partition coefficient (Wildman–Crippen LogP) is 3.68. The van der Waals surface area contributed by atoms with Crippen LogP contribution in [0.1, 0.15) is 38.1 Å². The van der Waals surface area contributed by atoms with Crippen molar-refractivity contribution in [3.05, 3.63) is 24.4 Å². The lowest BCUT2D eigenvalue weighted by atomic mass is 9.95. The summed E-state index contributed by atoms with van der Waals surface area (Å²) in [6, 6.07) is 6.84. The van der Waals surface area contributed by atoms with Gasteiger partial charge < -0.3 is 16.0 Å². The van der Waals surface area contributed by atoms with Gasteiger partial charge in [0.15, 0.2) is 0 Å². The molecule has 0 spiro atoms. The highest BCUT2D eigenvalue weighted by Crippen LogP contribution is 2.35. The fourth-order valence-electron chi connectivity index (χ4n) is 3.59. The molecule has 1 aliphatic carbocycles. The van der Waals surface area contributed by atoms with E-state index in [1.807, 2.05) is 6.07 Å². The molecule has 22 heavy (non-hydrogen) atoms. The Hall–Kier alpha value is -2.01. The first-order valence-electron chi connectivity index (χ1n) is 7.56. The minimum atomic E-state index is 0. The van der Waals surface area contributed by atoms with Crippen molar-refractivity contribution in [3.8, 4) is 0 Å². The highest BCUT2D eigenvalue weighted by molar-refractivity contribution is 6.10. The number of halogens is 1. The van der Waals surface area contributed by atoms with E-state index in [-0.39, 0.29) is 18.4 Å². The minimum absolute atomic E-state index is 0. The summed E-state index contributed by atoms with van der Waals surface area (Å²) in [7, 11) is 0. The second-order valence-corrected chi connectivity index (χ2v) is 5.87. The van der Waals surface area contributed by atoms with Gasteiger partial charge in [0.1, 0.15) is 5.82 Å². The monoisotopic (exact) mass is 317 g/mol. The molecule has 1 fully saturated rings. The van der Waals surface area contributed by atoms with Crippen LogP contribution in [0, 0.1) is 0 Å². The number of nitrogens with zero attached hydrogens (tertiary/aromatic N) is 3. The maximum absolute atomic E-state index is 6.07. The van der Waals surface area contributed by atoms with Crippen molar-refractivity contribution in [2.45, 2.75) is 38.1 Å². The van der Waals surface area contributed by atoms with Crippen LogP contribution in [0.3, 0.4) is 0 Å². The summed E-state index contributed by atoms with van der Waals surface area (Å²) in [5.41, 5.74) is 13.8. The second kappa shape index (κ2) is 5.65. The second-order valence-electron chi connectivity index (χ2n) is 5.87. The van der Waals surface area contributed by atoms with Gasteiger partial charge in [0.05, 0.1) is 10.9 Å². The Kier molecular flexibility index (Phi) is 3.83. The molecule has 3 aromatic rings. The molecule has 2 heterocycles. The standard InChI is InChI=1S/C16H19N5.ClH/c17-15-14-11-8-9-21(10-4-2-1-3-5-10)13(11)7-6-12(14)19-16(18)20-15;/h6-10H,1-5H2,(H4,17,18,19,20);1H. The van der Waals surface area contributed by atoms with Gasteiger partial charge in [0.25, 0.3) is 0 Å². The molecule has 0 amide bonds. The lowest BCUT2D eigenvalue weighted by Gasteiger charge is -2.24. The Morgan fingerprint density at radius 3 is 2.55 bits per heavy atom. The van der Waals surface area contributed by atoms with E-state index in [1.54, 1.807) is 0 Å². The number of nitrogens with two attached hydrogens (primary N) is 2. The predicted molar refractivity (Wildman–Crippen MR) is 93.2 cm³/mol. The van der Waals surface area contributed by atoms with Gasteiger partial charge in [-0.1, -0.05) is 19.3 Å². The van der Waals surface area contributed by atoms with E-state index in [0.29, 0.717) is 11.9 Å². The molecule has 0 unspecified atom stereocenters. The molecule has 4 rings (SSSR count). The number of benzene rings is 1. The van der Waals surface area contributed by atoms with Gasteiger partial charge in [0, 0.05) is 23.1 Å². The third-order valence-electron chi connectivity index (χ3n) is 4.57. The van der Waals surface area contributed by atoms with Crippen molar-refractivity contribution in [1.82, 2.24) is 14.5 Å². The molecule has 5 nitrogen and oxygen atoms in total. The van der Waals surface area contributed by atoms with Crippen molar-refractivity contribution in [2.24, 2.45) is 0 Å². The Morgan fingerprint density at radius 1 is 1.00 bits per heavy atom. The van der Waals surface area contributed by atoms with Crippen molar-refractivity contribution in [1.29, 1.82) is 0 Å². The summed E-state index contributed by atoms with van der Waals surface area (Å²) in [6.45, 7) is 0. The first-order valence-corrected chi connectivity index (χ1v) is 7.56. The van der Waals surface area contributed by atoms with Crippen LogP contribution in [-0.2, 0) is 0 Å². The van der Waals surface area contributed by atoms with Crippen molar-refractivity contribution in [2.75, 3.05) is 11.5 Å². The van der Waals surface area contributed by atoms with E-state index >= 15 is 0 Å². The minimum Gasteiger partial charge on any atom is -0.383 e. The molecule has 4 N–H and O–H groups in total. The first kappa shape index (κ1) is 14.9. The molecule has 0 radical (unpaired) electrons. The van der Waals surface area contributed by atoms with E-state index in [1.165, 1.54) is 37.6 Å². The van der Waals surface area contributed by atoms with E-state index < -0.39 is 0 Å². The van der Waals surface area contributed by atoms with Crippen LogP contribution >= 0.6 is 12.4 Å². The van der Waals surface area contributed by atoms with Gasteiger partial charge in [-0.15, -0.1) is 12.4 Å². The zero-order chi connectivity index (χ0) is 14.4. The van der Waals surface area contributed by atoms with Gasteiger partial charge in [0.2, 0.25) is 5.95 Å². The fraction of sp³-hybridized carbons (Fsp3) is 0.375. The summed E-state index contributed by atoms with van der Waals surface area (Å²) in [4.78, 5) is 8.39. The molecule has 2 aromatic heterocycles. The normalized spacial score (nSPS) is 16.0. The molecule has 1 aromatic carbocycles. The van der Waals surface area contributed by atoms with E-state index in [9.17, 15) is 0 Å². The molecule has 0 saturated heterocycles. The number of anilines is 2. The molecule has 1 aliphatic rings. The van der Waals surface area contributed by atoms with Crippen molar-refractivity contribution in [3.63, 3.8) is 0 Å². The third-order valence-corrected chi connectivity index (χ3v) is 4.57. The molecule has 116 valence electrons. The quantitative estimate of drug-likeness (QED) is 0.717. The molecule has 6 heteroatoms. The number of hydrogen-bond donors (Lipinski definition) is 2. The smallest absolute Gasteiger partial charge is 0.222 e. The number of fused-ring (bicyclic) bond motifs is 3. The highest BCUT2D eigenvalue weighted by atomic mass is 35.5. The first-order chi connectivity index (χ1) is 10.2. The number of nitrogen functional groups attached to an aromatic ring is 2. The summed E-state index contributed by atoms with van der Waals surface area (Å²) < 4.78 is 2.39. The van der Waals surface area contributed by atoms with Crippen LogP contribution in [0.2, 0.25) is 0 Å². The van der Waals surface area contributed by atoms with Crippen molar-refractivity contribution < 1.29 is 0 Å². The molecular formula is C16H20ClN5. The molecule has 0 atom stereocenters. The van der Waals surface area contributed by atoms with E-state index in [0.717, 1.165) is 16.3 Å². The summed E-state index contributed by atoms with van der Waals surface area (Å²) >= 11 is 0. The van der Waals surface area contributed by atoms with Crippen LogP contribution < -0.4 is 11.5 Å². The fourth-order valence-corrected chi connectivity index (χ4v) is 3.59. The van der Waals surface area contributed by atoms with Crippen LogP contribution in [0.5, 0.6) is 0 Å². The lowest BCUT2D eigenvalue weighted by molar-refractivity contribution is 0.361. The molecule has 0 bridgehead atoms. The van der Waals surface area contributed by atoms with Gasteiger partial charge in [-0.3, -0.25) is 0 Å². The van der Waals surface area contributed by atoms with Gasteiger partial charge >= 0.3 is 0 Å². The van der Waals surface area contributed by atoms with E-state index in [4.69, 9.17) is 11.5 Å². The van der Waals surface area contributed by atoms with E-state index in [2.05, 4.69) is 32.9 Å². The number of rotatable bonds is 1. The zero-order valence-electron chi connectivity index (χ0n) is 12.3. The summed E-state index contributed by atoms with van der Waals surface area (Å²) in [5, 5.41) is 2.03. The van der Waals surface area contributed by atoms with Crippen molar-refractivity contribution >= 4 is 46.0 Å². The zero-order valence-corrected chi connectivity index (χ0v) is 13.1. The third kappa shape index (κ3) is 2.25. The molecular weight excluding hydrogens is 298 g/mol. The Bertz CT molecular complexity index is 820. The average Bonchev–Trinajstić information content (AvgIpc) is 2.91. The summed E-state index contributed by atoms with van der Waals surface area (Å²) in [6.07, 6.45) is 8.69. The topological polar surface area (TPSA) is 82.7 Å². The Labute approximate surface area is 135 Å². The Balaban J connectivity index is 0.00000144. The lowest BCUT2D eigenvalue weighted by Crippen LogP contribution is -2.11. The number of aromatic nitrogens is 3. The molecule has 0 aliphatic heterocycles. The van der Waals surface area contributed by atoms with Gasteiger partial charge in [-0.2, -0.15) is 4.98 Å². The number of hydrogen-bond acceptors (Lipinski definition) is 4. The van der Waals surface area contributed by atoms with Crippen LogP contribution in [0.25, 0.3) is 21.8 Å². The maximum Gasteiger partial charge on any atom is 0.222 e. The SMILES string of the molecule is Cl.Nc1nc(N)c2c(ccc3c2ccn3C2CCCCC2)n1. The van der Waals surface area contributed by atoms with Crippen LogP contribution in [0.4, 0.5) is 11.8 Å². The van der Waals surface area contributed by atoms with Crippen LogP contribution in [0.15, 0.2) is 24.4 Å². The maximum atomic E-state index is 6.07. The van der Waals surface area contributed by atoms with Gasteiger partial charge in [-0.05, 0) is 31.0 Å².